The van der Waals surface area contributed by atoms with Crippen LogP contribution in [0.2, 0.25) is 0 Å². The van der Waals surface area contributed by atoms with Crippen molar-refractivity contribution in [2.45, 2.75) is 0 Å². The van der Waals surface area contributed by atoms with E-state index < -0.39 is 5.82 Å². The van der Waals surface area contributed by atoms with Crippen molar-refractivity contribution in [3.8, 4) is 17.2 Å². The molecule has 0 aliphatic heterocycles. The molecular formula is C17H19FN2O4. The van der Waals surface area contributed by atoms with E-state index >= 15 is 0 Å². The summed E-state index contributed by atoms with van der Waals surface area (Å²) in [5, 5.41) is 5.43. The summed E-state index contributed by atoms with van der Waals surface area (Å²) in [4.78, 5) is 11.9. The number of nitrogens with one attached hydrogen (secondary N) is 2. The van der Waals surface area contributed by atoms with Crippen molar-refractivity contribution in [1.29, 1.82) is 0 Å². The minimum absolute atomic E-state index is 0.0486. The van der Waals surface area contributed by atoms with Crippen LogP contribution >= 0.6 is 0 Å². The zero-order chi connectivity index (χ0) is 17.5. The molecule has 6 nitrogen and oxygen atoms in total. The van der Waals surface area contributed by atoms with Crippen LogP contribution in [0.25, 0.3) is 0 Å². The Morgan fingerprint density at radius 1 is 1.04 bits per heavy atom. The molecule has 0 radical (unpaired) electrons. The Labute approximate surface area is 139 Å². The lowest BCUT2D eigenvalue weighted by molar-refractivity contribution is -0.114. The third-order valence-corrected chi connectivity index (χ3v) is 3.27. The van der Waals surface area contributed by atoms with Gasteiger partial charge in [-0.05, 0) is 12.1 Å². The molecule has 1 amide bonds. The van der Waals surface area contributed by atoms with Crippen molar-refractivity contribution in [2.24, 2.45) is 0 Å². The van der Waals surface area contributed by atoms with E-state index in [0.29, 0.717) is 22.9 Å². The number of carbonyl (C=O) groups excluding carboxylic acids is 1. The Morgan fingerprint density at radius 3 is 2.21 bits per heavy atom. The highest BCUT2D eigenvalue weighted by Crippen LogP contribution is 2.39. The van der Waals surface area contributed by atoms with Crippen LogP contribution in [-0.2, 0) is 4.79 Å². The van der Waals surface area contributed by atoms with Gasteiger partial charge in [-0.2, -0.15) is 0 Å². The highest BCUT2D eigenvalue weighted by molar-refractivity contribution is 5.93. The van der Waals surface area contributed by atoms with Crippen LogP contribution in [-0.4, -0.2) is 33.8 Å². The molecule has 0 aliphatic carbocycles. The lowest BCUT2D eigenvalue weighted by atomic mass is 10.2. The number of ether oxygens (including phenoxy) is 3. The monoisotopic (exact) mass is 334 g/mol. The molecular weight excluding hydrogens is 315 g/mol. The molecule has 2 N–H and O–H groups in total. The molecule has 128 valence electrons. The number of carbonyl (C=O) groups is 1. The van der Waals surface area contributed by atoms with Crippen molar-refractivity contribution >= 4 is 17.3 Å². The first-order valence-corrected chi connectivity index (χ1v) is 7.17. The zero-order valence-corrected chi connectivity index (χ0v) is 13.7. The van der Waals surface area contributed by atoms with E-state index in [4.69, 9.17) is 14.2 Å². The van der Waals surface area contributed by atoms with Gasteiger partial charge in [-0.3, -0.25) is 4.79 Å². The smallest absolute Gasteiger partial charge is 0.243 e. The van der Waals surface area contributed by atoms with Crippen LogP contribution in [0.1, 0.15) is 0 Å². The molecule has 0 atom stereocenters. The standard InChI is InChI=1S/C17H19FN2O4/c1-22-14-8-11(9-15(23-2)17(14)24-3)19-10-16(21)20-13-7-5-4-6-12(13)18/h4-9,19H,10H2,1-3H3,(H,20,21). The molecule has 0 fully saturated rings. The van der Waals surface area contributed by atoms with Gasteiger partial charge >= 0.3 is 0 Å². The topological polar surface area (TPSA) is 68.8 Å². The number of rotatable bonds is 7. The van der Waals surface area contributed by atoms with Crippen molar-refractivity contribution < 1.29 is 23.4 Å². The first-order valence-electron chi connectivity index (χ1n) is 7.17. The summed E-state index contributed by atoms with van der Waals surface area (Å²) in [6.45, 7) is -0.0486. The van der Waals surface area contributed by atoms with Crippen molar-refractivity contribution in [3.05, 3.63) is 42.2 Å². The zero-order valence-electron chi connectivity index (χ0n) is 13.7. The maximum absolute atomic E-state index is 13.5. The third kappa shape index (κ3) is 4.07. The van der Waals surface area contributed by atoms with Crippen molar-refractivity contribution in [1.82, 2.24) is 0 Å². The molecule has 0 spiro atoms. The minimum atomic E-state index is -0.487. The average molecular weight is 334 g/mol. The lowest BCUT2D eigenvalue weighted by Gasteiger charge is -2.15. The van der Waals surface area contributed by atoms with Gasteiger partial charge in [-0.25, -0.2) is 4.39 Å². The second kappa shape index (κ2) is 8.05. The molecule has 2 rings (SSSR count). The van der Waals surface area contributed by atoms with Gasteiger partial charge < -0.3 is 24.8 Å². The fourth-order valence-corrected chi connectivity index (χ4v) is 2.12. The number of anilines is 2. The second-order valence-electron chi connectivity index (χ2n) is 4.80. The van der Waals surface area contributed by atoms with Crippen molar-refractivity contribution in [2.75, 3.05) is 38.5 Å². The summed E-state index contributed by atoms with van der Waals surface area (Å²) in [6, 6.07) is 9.33. The third-order valence-electron chi connectivity index (χ3n) is 3.27. The Morgan fingerprint density at radius 2 is 1.67 bits per heavy atom. The van der Waals surface area contributed by atoms with Gasteiger partial charge in [0.1, 0.15) is 5.82 Å². The normalized spacial score (nSPS) is 10.0. The van der Waals surface area contributed by atoms with Gasteiger partial charge in [0.15, 0.2) is 11.5 Å². The van der Waals surface area contributed by atoms with Crippen LogP contribution in [0, 0.1) is 5.82 Å². The molecule has 0 aliphatic rings. The summed E-state index contributed by atoms with van der Waals surface area (Å²) in [7, 11) is 4.52. The maximum atomic E-state index is 13.5. The summed E-state index contributed by atoms with van der Waals surface area (Å²) in [5.41, 5.74) is 0.738. The lowest BCUT2D eigenvalue weighted by Crippen LogP contribution is -2.22. The number of benzene rings is 2. The average Bonchev–Trinajstić information content (AvgIpc) is 2.60. The molecule has 24 heavy (non-hydrogen) atoms. The molecule has 0 heterocycles. The summed E-state index contributed by atoms with van der Waals surface area (Å²) in [6.07, 6.45) is 0. The summed E-state index contributed by atoms with van der Waals surface area (Å²) < 4.78 is 29.2. The van der Waals surface area contributed by atoms with Crippen LogP contribution in [0.15, 0.2) is 36.4 Å². The van der Waals surface area contributed by atoms with Crippen LogP contribution < -0.4 is 24.8 Å². The van der Waals surface area contributed by atoms with Gasteiger partial charge in [0.2, 0.25) is 11.7 Å². The van der Waals surface area contributed by atoms with E-state index in [1.54, 1.807) is 24.3 Å². The molecule has 0 aromatic heterocycles. The predicted molar refractivity (Wildman–Crippen MR) is 89.6 cm³/mol. The highest BCUT2D eigenvalue weighted by Gasteiger charge is 2.14. The van der Waals surface area contributed by atoms with E-state index in [9.17, 15) is 9.18 Å². The van der Waals surface area contributed by atoms with Gasteiger partial charge in [0, 0.05) is 17.8 Å². The number of para-hydroxylation sites is 1. The first kappa shape index (κ1) is 17.4. The highest BCUT2D eigenvalue weighted by atomic mass is 19.1. The SMILES string of the molecule is COc1cc(NCC(=O)Nc2ccccc2F)cc(OC)c1OC. The van der Waals surface area contributed by atoms with Crippen LogP contribution in [0.4, 0.5) is 15.8 Å². The predicted octanol–water partition coefficient (Wildman–Crippen LogP) is 2.90. The Kier molecular flexibility index (Phi) is 5.83. The van der Waals surface area contributed by atoms with Gasteiger partial charge in [-0.1, -0.05) is 12.1 Å². The van der Waals surface area contributed by atoms with Gasteiger partial charge in [-0.15, -0.1) is 0 Å². The Hall–Kier alpha value is -2.96. The fraction of sp³-hybridized carbons (Fsp3) is 0.235. The molecule has 0 saturated carbocycles. The fourth-order valence-electron chi connectivity index (χ4n) is 2.12. The second-order valence-corrected chi connectivity index (χ2v) is 4.80. The molecule has 2 aromatic carbocycles. The van der Waals surface area contributed by atoms with Crippen LogP contribution in [0.5, 0.6) is 17.2 Å². The molecule has 2 aromatic rings. The van der Waals surface area contributed by atoms with Crippen LogP contribution in [0.3, 0.4) is 0 Å². The molecule has 0 saturated heterocycles. The van der Waals surface area contributed by atoms with E-state index in [1.165, 1.54) is 33.5 Å². The minimum Gasteiger partial charge on any atom is -0.493 e. The first-order chi connectivity index (χ1) is 11.6. The quantitative estimate of drug-likeness (QED) is 0.815. The maximum Gasteiger partial charge on any atom is 0.243 e. The molecule has 7 heteroatoms. The summed E-state index contributed by atoms with van der Waals surface area (Å²) in [5.74, 6) is 0.525. The van der Waals surface area contributed by atoms with Gasteiger partial charge in [0.05, 0.1) is 33.6 Å². The number of hydrogen-bond donors (Lipinski definition) is 2. The molecule has 0 bridgehead atoms. The van der Waals surface area contributed by atoms with Gasteiger partial charge in [0.25, 0.3) is 0 Å². The van der Waals surface area contributed by atoms with E-state index in [1.807, 2.05) is 0 Å². The van der Waals surface area contributed by atoms with E-state index in [0.717, 1.165) is 0 Å². The Bertz CT molecular complexity index is 696. The summed E-state index contributed by atoms with van der Waals surface area (Å²) >= 11 is 0. The molecule has 0 unspecified atom stereocenters. The van der Waals surface area contributed by atoms with E-state index in [-0.39, 0.29) is 18.1 Å². The Balaban J connectivity index is 2.06. The number of hydrogen-bond acceptors (Lipinski definition) is 5. The van der Waals surface area contributed by atoms with Crippen molar-refractivity contribution in [3.63, 3.8) is 0 Å². The largest absolute Gasteiger partial charge is 0.493 e. The van der Waals surface area contributed by atoms with E-state index in [2.05, 4.69) is 10.6 Å². The number of halogens is 1. The number of methoxy groups -OCH3 is 3. The number of amides is 1.